The normalized spacial score (nSPS) is 19.7. The van der Waals surface area contributed by atoms with Crippen molar-refractivity contribution in [1.82, 2.24) is 5.32 Å². The van der Waals surface area contributed by atoms with E-state index in [0.717, 1.165) is 10.5 Å². The highest BCUT2D eigenvalue weighted by molar-refractivity contribution is 7.99. The van der Waals surface area contributed by atoms with E-state index in [4.69, 9.17) is 5.11 Å². The Kier molecular flexibility index (Phi) is 6.34. The Hall–Kier alpha value is -2.27. The third-order valence-corrected chi connectivity index (χ3v) is 5.97. The fourth-order valence-corrected chi connectivity index (χ4v) is 4.26. The standard InChI is InChI=1S/C21H23NO3S/c23-20(15-10-12-16(13-11-15)21(24)25)22-14-17-6-4-5-9-19(17)26-18-7-2-1-3-8-18/h1-9,15-16H,10-14H2,(H,22,23)(H,24,25). The first-order chi connectivity index (χ1) is 12.6. The van der Waals surface area contributed by atoms with E-state index in [2.05, 4.69) is 23.5 Å². The lowest BCUT2D eigenvalue weighted by atomic mass is 9.81. The molecule has 0 aliphatic heterocycles. The Labute approximate surface area is 158 Å². The molecule has 1 fully saturated rings. The van der Waals surface area contributed by atoms with E-state index in [9.17, 15) is 9.59 Å². The van der Waals surface area contributed by atoms with Crippen LogP contribution in [0.2, 0.25) is 0 Å². The van der Waals surface area contributed by atoms with Crippen LogP contribution in [-0.2, 0) is 16.1 Å². The largest absolute Gasteiger partial charge is 0.481 e. The van der Waals surface area contributed by atoms with E-state index in [0.29, 0.717) is 32.2 Å². The minimum absolute atomic E-state index is 0.0355. The smallest absolute Gasteiger partial charge is 0.306 e. The van der Waals surface area contributed by atoms with Crippen molar-refractivity contribution in [1.29, 1.82) is 0 Å². The predicted octanol–water partition coefficient (Wildman–Crippen LogP) is 4.35. The SMILES string of the molecule is O=C(O)C1CCC(C(=O)NCc2ccccc2Sc2ccccc2)CC1. The lowest BCUT2D eigenvalue weighted by molar-refractivity contribution is -0.144. The Bertz CT molecular complexity index is 755. The fraction of sp³-hybridized carbons (Fsp3) is 0.333. The molecule has 4 nitrogen and oxygen atoms in total. The predicted molar refractivity (Wildman–Crippen MR) is 102 cm³/mol. The Morgan fingerprint density at radius 2 is 1.54 bits per heavy atom. The first kappa shape index (κ1) is 18.5. The van der Waals surface area contributed by atoms with Crippen molar-refractivity contribution < 1.29 is 14.7 Å². The topological polar surface area (TPSA) is 66.4 Å². The van der Waals surface area contributed by atoms with Gasteiger partial charge in [0.2, 0.25) is 5.91 Å². The van der Waals surface area contributed by atoms with Crippen molar-refractivity contribution in [3.8, 4) is 0 Å². The third-order valence-electron chi connectivity index (χ3n) is 4.84. The van der Waals surface area contributed by atoms with Gasteiger partial charge in [0.05, 0.1) is 5.92 Å². The number of benzene rings is 2. The Morgan fingerprint density at radius 3 is 2.23 bits per heavy atom. The fourth-order valence-electron chi connectivity index (χ4n) is 3.29. The van der Waals surface area contributed by atoms with Crippen LogP contribution < -0.4 is 5.32 Å². The van der Waals surface area contributed by atoms with Gasteiger partial charge in [-0.05, 0) is 49.4 Å². The molecule has 26 heavy (non-hydrogen) atoms. The lowest BCUT2D eigenvalue weighted by Gasteiger charge is -2.25. The quantitative estimate of drug-likeness (QED) is 0.795. The molecule has 0 saturated heterocycles. The van der Waals surface area contributed by atoms with Crippen molar-refractivity contribution in [2.75, 3.05) is 0 Å². The molecule has 1 amide bonds. The van der Waals surface area contributed by atoms with Crippen LogP contribution in [0, 0.1) is 11.8 Å². The van der Waals surface area contributed by atoms with Crippen molar-refractivity contribution in [3.05, 3.63) is 60.2 Å². The zero-order valence-electron chi connectivity index (χ0n) is 14.6. The molecule has 0 heterocycles. The van der Waals surface area contributed by atoms with E-state index in [-0.39, 0.29) is 17.7 Å². The molecule has 0 radical (unpaired) electrons. The van der Waals surface area contributed by atoms with Gasteiger partial charge in [-0.25, -0.2) is 0 Å². The molecule has 136 valence electrons. The molecule has 0 unspecified atom stereocenters. The van der Waals surface area contributed by atoms with Gasteiger partial charge < -0.3 is 10.4 Å². The molecular formula is C21H23NO3S. The van der Waals surface area contributed by atoms with E-state index in [1.165, 1.54) is 4.90 Å². The van der Waals surface area contributed by atoms with Crippen LogP contribution in [0.25, 0.3) is 0 Å². The molecule has 0 aromatic heterocycles. The van der Waals surface area contributed by atoms with E-state index < -0.39 is 5.97 Å². The van der Waals surface area contributed by atoms with Crippen molar-refractivity contribution >= 4 is 23.6 Å². The molecule has 0 atom stereocenters. The number of nitrogens with one attached hydrogen (secondary N) is 1. The highest BCUT2D eigenvalue weighted by Gasteiger charge is 2.29. The lowest BCUT2D eigenvalue weighted by Crippen LogP contribution is -2.34. The summed E-state index contributed by atoms with van der Waals surface area (Å²) in [7, 11) is 0. The average molecular weight is 369 g/mol. The number of rotatable bonds is 6. The molecule has 2 N–H and O–H groups in total. The second-order valence-electron chi connectivity index (χ2n) is 6.63. The summed E-state index contributed by atoms with van der Waals surface area (Å²) in [6, 6.07) is 18.2. The van der Waals surface area contributed by atoms with Crippen LogP contribution in [0.15, 0.2) is 64.4 Å². The summed E-state index contributed by atoms with van der Waals surface area (Å²) in [5.41, 5.74) is 1.09. The Balaban J connectivity index is 1.56. The van der Waals surface area contributed by atoms with Gasteiger partial charge in [-0.1, -0.05) is 48.2 Å². The highest BCUT2D eigenvalue weighted by atomic mass is 32.2. The van der Waals surface area contributed by atoms with Gasteiger partial charge in [0, 0.05) is 22.3 Å². The molecule has 3 rings (SSSR count). The molecule has 5 heteroatoms. The van der Waals surface area contributed by atoms with Crippen molar-refractivity contribution in [2.24, 2.45) is 11.8 Å². The number of carboxylic acids is 1. The molecular weight excluding hydrogens is 346 g/mol. The number of amides is 1. The van der Waals surface area contributed by atoms with E-state index in [1.807, 2.05) is 36.4 Å². The van der Waals surface area contributed by atoms with Crippen LogP contribution in [-0.4, -0.2) is 17.0 Å². The van der Waals surface area contributed by atoms with Crippen molar-refractivity contribution in [3.63, 3.8) is 0 Å². The van der Waals surface area contributed by atoms with E-state index >= 15 is 0 Å². The first-order valence-electron chi connectivity index (χ1n) is 8.95. The summed E-state index contributed by atoms with van der Waals surface area (Å²) in [6.07, 6.45) is 2.49. The third kappa shape index (κ3) is 4.88. The molecule has 1 aliphatic rings. The molecule has 0 spiro atoms. The van der Waals surface area contributed by atoms with Crippen LogP contribution in [0.5, 0.6) is 0 Å². The molecule has 1 saturated carbocycles. The number of hydrogen-bond donors (Lipinski definition) is 2. The molecule has 0 bridgehead atoms. The number of hydrogen-bond acceptors (Lipinski definition) is 3. The van der Waals surface area contributed by atoms with Gasteiger partial charge in [-0.2, -0.15) is 0 Å². The zero-order chi connectivity index (χ0) is 18.4. The molecule has 2 aromatic rings. The van der Waals surface area contributed by atoms with Crippen LogP contribution in [0.4, 0.5) is 0 Å². The number of carbonyl (C=O) groups is 2. The van der Waals surface area contributed by atoms with Gasteiger partial charge in [0.1, 0.15) is 0 Å². The van der Waals surface area contributed by atoms with Gasteiger partial charge in [-0.15, -0.1) is 0 Å². The van der Waals surface area contributed by atoms with Crippen LogP contribution in [0.1, 0.15) is 31.2 Å². The first-order valence-corrected chi connectivity index (χ1v) is 9.76. The van der Waals surface area contributed by atoms with Crippen LogP contribution in [0.3, 0.4) is 0 Å². The maximum Gasteiger partial charge on any atom is 0.306 e. The van der Waals surface area contributed by atoms with Crippen molar-refractivity contribution in [2.45, 2.75) is 42.0 Å². The number of carbonyl (C=O) groups excluding carboxylic acids is 1. The van der Waals surface area contributed by atoms with Gasteiger partial charge in [0.15, 0.2) is 0 Å². The second-order valence-corrected chi connectivity index (χ2v) is 7.74. The summed E-state index contributed by atoms with van der Waals surface area (Å²) in [6.45, 7) is 0.494. The number of carboxylic acid groups (broad SMARTS) is 1. The molecule has 2 aromatic carbocycles. The van der Waals surface area contributed by atoms with Crippen LogP contribution >= 0.6 is 11.8 Å². The summed E-state index contributed by atoms with van der Waals surface area (Å²) in [5.74, 6) is -1.06. The second kappa shape index (κ2) is 8.90. The summed E-state index contributed by atoms with van der Waals surface area (Å²) < 4.78 is 0. The van der Waals surface area contributed by atoms with Gasteiger partial charge in [0.25, 0.3) is 0 Å². The maximum atomic E-state index is 12.5. The summed E-state index contributed by atoms with van der Waals surface area (Å²) in [4.78, 5) is 25.8. The van der Waals surface area contributed by atoms with Gasteiger partial charge >= 0.3 is 5.97 Å². The molecule has 1 aliphatic carbocycles. The highest BCUT2D eigenvalue weighted by Crippen LogP contribution is 2.31. The van der Waals surface area contributed by atoms with Gasteiger partial charge in [-0.3, -0.25) is 9.59 Å². The minimum atomic E-state index is -0.740. The van der Waals surface area contributed by atoms with E-state index in [1.54, 1.807) is 11.8 Å². The Morgan fingerprint density at radius 1 is 0.923 bits per heavy atom. The minimum Gasteiger partial charge on any atom is -0.481 e. The summed E-state index contributed by atoms with van der Waals surface area (Å²) in [5, 5.41) is 12.1. The zero-order valence-corrected chi connectivity index (χ0v) is 15.4. The summed E-state index contributed by atoms with van der Waals surface area (Å²) >= 11 is 1.69. The average Bonchev–Trinajstić information content (AvgIpc) is 2.68. The monoisotopic (exact) mass is 369 g/mol. The number of aliphatic carboxylic acids is 1. The maximum absolute atomic E-state index is 12.5.